The fourth-order valence-electron chi connectivity index (χ4n) is 3.96. The van der Waals surface area contributed by atoms with E-state index in [0.717, 1.165) is 38.5 Å². The second kappa shape index (κ2) is 10.8. The van der Waals surface area contributed by atoms with Gasteiger partial charge < -0.3 is 14.2 Å². The number of hydrogen-bond acceptors (Lipinski definition) is 5. The van der Waals surface area contributed by atoms with Crippen LogP contribution in [0.15, 0.2) is 83.4 Å². The molecule has 6 heteroatoms. The third-order valence-electron chi connectivity index (χ3n) is 5.60. The van der Waals surface area contributed by atoms with E-state index in [0.29, 0.717) is 19.0 Å². The Balaban J connectivity index is 1.31. The Bertz CT molecular complexity index is 1070. The lowest BCUT2D eigenvalue weighted by molar-refractivity contribution is 0.277. The topological polar surface area (TPSA) is 50.6 Å². The SMILES string of the molecule is CC(=Cc1ccccc1)CN1CCN(c2nccn(CCOc3ccccc3)c2=O)CC1. The second-order valence-corrected chi connectivity index (χ2v) is 8.08. The summed E-state index contributed by atoms with van der Waals surface area (Å²) in [6.07, 6.45) is 5.67. The minimum atomic E-state index is -0.0576. The lowest BCUT2D eigenvalue weighted by atomic mass is 10.1. The summed E-state index contributed by atoms with van der Waals surface area (Å²) in [6.45, 7) is 7.46. The van der Waals surface area contributed by atoms with Gasteiger partial charge in [-0.3, -0.25) is 9.69 Å². The molecule has 0 aliphatic carbocycles. The van der Waals surface area contributed by atoms with E-state index in [1.54, 1.807) is 17.0 Å². The Kier molecular flexibility index (Phi) is 7.35. The first-order chi connectivity index (χ1) is 15.7. The van der Waals surface area contributed by atoms with Crippen LogP contribution < -0.4 is 15.2 Å². The first-order valence-corrected chi connectivity index (χ1v) is 11.1. The molecule has 4 rings (SSSR count). The van der Waals surface area contributed by atoms with Crippen molar-refractivity contribution < 1.29 is 4.74 Å². The molecule has 32 heavy (non-hydrogen) atoms. The summed E-state index contributed by atoms with van der Waals surface area (Å²) in [6, 6.07) is 20.1. The maximum atomic E-state index is 13.0. The average molecular weight is 431 g/mol. The summed E-state index contributed by atoms with van der Waals surface area (Å²) in [5.74, 6) is 1.34. The van der Waals surface area contributed by atoms with E-state index in [-0.39, 0.29) is 5.56 Å². The molecule has 0 saturated carbocycles. The van der Waals surface area contributed by atoms with Crippen molar-refractivity contribution in [3.63, 3.8) is 0 Å². The predicted molar refractivity (Wildman–Crippen MR) is 129 cm³/mol. The highest BCUT2D eigenvalue weighted by atomic mass is 16.5. The zero-order valence-corrected chi connectivity index (χ0v) is 18.6. The number of aromatic nitrogens is 2. The van der Waals surface area contributed by atoms with Crippen LogP contribution in [0.25, 0.3) is 6.08 Å². The quantitative estimate of drug-likeness (QED) is 0.547. The molecule has 1 saturated heterocycles. The van der Waals surface area contributed by atoms with E-state index < -0.39 is 0 Å². The van der Waals surface area contributed by atoms with E-state index in [1.165, 1.54) is 11.1 Å². The smallest absolute Gasteiger partial charge is 0.293 e. The zero-order valence-electron chi connectivity index (χ0n) is 18.6. The van der Waals surface area contributed by atoms with Crippen molar-refractivity contribution in [2.75, 3.05) is 44.2 Å². The number of para-hydroxylation sites is 1. The van der Waals surface area contributed by atoms with Crippen molar-refractivity contribution >= 4 is 11.9 Å². The van der Waals surface area contributed by atoms with Gasteiger partial charge >= 0.3 is 0 Å². The lowest BCUT2D eigenvalue weighted by Crippen LogP contribution is -2.49. The second-order valence-electron chi connectivity index (χ2n) is 8.08. The van der Waals surface area contributed by atoms with Gasteiger partial charge in [-0.2, -0.15) is 0 Å². The van der Waals surface area contributed by atoms with Gasteiger partial charge in [0, 0.05) is 45.1 Å². The molecule has 1 fully saturated rings. The van der Waals surface area contributed by atoms with Crippen molar-refractivity contribution in [1.29, 1.82) is 0 Å². The summed E-state index contributed by atoms with van der Waals surface area (Å²) in [4.78, 5) is 21.9. The van der Waals surface area contributed by atoms with Crippen LogP contribution in [0.3, 0.4) is 0 Å². The highest BCUT2D eigenvalue weighted by Crippen LogP contribution is 2.13. The molecule has 0 atom stereocenters. The Hall–Kier alpha value is -3.38. The molecular formula is C26H30N4O2. The molecule has 0 bridgehead atoms. The van der Waals surface area contributed by atoms with Crippen molar-refractivity contribution in [1.82, 2.24) is 14.5 Å². The number of rotatable bonds is 8. The van der Waals surface area contributed by atoms with Crippen molar-refractivity contribution in [2.24, 2.45) is 0 Å². The summed E-state index contributed by atoms with van der Waals surface area (Å²) in [7, 11) is 0. The van der Waals surface area contributed by atoms with Crippen molar-refractivity contribution in [2.45, 2.75) is 13.5 Å². The number of ether oxygens (including phenoxy) is 1. The monoisotopic (exact) mass is 430 g/mol. The number of anilines is 1. The van der Waals surface area contributed by atoms with Gasteiger partial charge in [-0.1, -0.05) is 60.2 Å². The molecule has 0 unspecified atom stereocenters. The van der Waals surface area contributed by atoms with Gasteiger partial charge in [0.25, 0.3) is 5.56 Å². The molecule has 2 aromatic carbocycles. The molecule has 6 nitrogen and oxygen atoms in total. The maximum absolute atomic E-state index is 13.0. The van der Waals surface area contributed by atoms with Gasteiger partial charge in [0.1, 0.15) is 12.4 Å². The van der Waals surface area contributed by atoms with Crippen LogP contribution in [-0.4, -0.2) is 53.8 Å². The van der Waals surface area contributed by atoms with Gasteiger partial charge in [-0.15, -0.1) is 0 Å². The van der Waals surface area contributed by atoms with E-state index in [1.807, 2.05) is 36.4 Å². The maximum Gasteiger partial charge on any atom is 0.293 e. The van der Waals surface area contributed by atoms with Crippen molar-refractivity contribution in [3.8, 4) is 5.75 Å². The van der Waals surface area contributed by atoms with Crippen LogP contribution in [-0.2, 0) is 6.54 Å². The molecular weight excluding hydrogens is 400 g/mol. The minimum Gasteiger partial charge on any atom is -0.492 e. The highest BCUT2D eigenvalue weighted by Gasteiger charge is 2.20. The van der Waals surface area contributed by atoms with E-state index in [9.17, 15) is 4.79 Å². The minimum absolute atomic E-state index is 0.0576. The summed E-state index contributed by atoms with van der Waals surface area (Å²) in [5, 5.41) is 0. The molecule has 1 aliphatic heterocycles. The number of benzene rings is 2. The molecule has 0 N–H and O–H groups in total. The van der Waals surface area contributed by atoms with Gasteiger partial charge in [0.05, 0.1) is 6.54 Å². The lowest BCUT2D eigenvalue weighted by Gasteiger charge is -2.35. The summed E-state index contributed by atoms with van der Waals surface area (Å²) >= 11 is 0. The Morgan fingerprint density at radius 2 is 1.69 bits per heavy atom. The van der Waals surface area contributed by atoms with Gasteiger partial charge in [0.2, 0.25) is 0 Å². The van der Waals surface area contributed by atoms with Crippen LogP contribution in [0.2, 0.25) is 0 Å². The fraction of sp³-hybridized carbons (Fsp3) is 0.308. The Morgan fingerprint density at radius 1 is 1.00 bits per heavy atom. The van der Waals surface area contributed by atoms with Gasteiger partial charge in [0.15, 0.2) is 5.82 Å². The van der Waals surface area contributed by atoms with E-state index in [4.69, 9.17) is 4.74 Å². The molecule has 1 aromatic heterocycles. The standard InChI is InChI=1S/C26H30N4O2/c1-22(20-23-8-4-2-5-9-23)21-28-14-16-29(17-15-28)25-26(31)30(13-12-27-25)18-19-32-24-10-6-3-7-11-24/h2-13,20H,14-19,21H2,1H3. The molecule has 0 spiro atoms. The molecule has 3 aromatic rings. The molecule has 0 amide bonds. The molecule has 2 heterocycles. The largest absolute Gasteiger partial charge is 0.492 e. The zero-order chi connectivity index (χ0) is 22.2. The van der Waals surface area contributed by atoms with Crippen LogP contribution in [0.4, 0.5) is 5.82 Å². The number of piperazine rings is 1. The molecule has 0 radical (unpaired) electrons. The molecule has 166 valence electrons. The fourth-order valence-corrected chi connectivity index (χ4v) is 3.96. The summed E-state index contributed by atoms with van der Waals surface area (Å²) in [5.41, 5.74) is 2.51. The Morgan fingerprint density at radius 3 is 2.41 bits per heavy atom. The third-order valence-corrected chi connectivity index (χ3v) is 5.60. The first kappa shape index (κ1) is 21.8. The summed E-state index contributed by atoms with van der Waals surface area (Å²) < 4.78 is 7.42. The van der Waals surface area contributed by atoms with Crippen LogP contribution in [0.1, 0.15) is 12.5 Å². The number of nitrogens with zero attached hydrogens (tertiary/aromatic N) is 4. The molecule has 1 aliphatic rings. The Labute approximate surface area is 189 Å². The third kappa shape index (κ3) is 5.86. The first-order valence-electron chi connectivity index (χ1n) is 11.1. The van der Waals surface area contributed by atoms with Crippen LogP contribution >= 0.6 is 0 Å². The van der Waals surface area contributed by atoms with Crippen LogP contribution in [0, 0.1) is 0 Å². The van der Waals surface area contributed by atoms with Crippen LogP contribution in [0.5, 0.6) is 5.75 Å². The van der Waals surface area contributed by atoms with Gasteiger partial charge in [-0.05, 0) is 24.6 Å². The average Bonchev–Trinajstić information content (AvgIpc) is 2.82. The number of hydrogen-bond donors (Lipinski definition) is 0. The van der Waals surface area contributed by atoms with E-state index >= 15 is 0 Å². The normalized spacial score (nSPS) is 15.0. The van der Waals surface area contributed by atoms with Gasteiger partial charge in [-0.25, -0.2) is 4.98 Å². The van der Waals surface area contributed by atoms with E-state index in [2.05, 4.69) is 52.0 Å². The van der Waals surface area contributed by atoms with Crippen molar-refractivity contribution in [3.05, 3.63) is 94.5 Å². The highest BCUT2D eigenvalue weighted by molar-refractivity contribution is 5.52. The predicted octanol–water partition coefficient (Wildman–Crippen LogP) is 3.55.